The molecule has 9 heteroatoms. The minimum atomic E-state index is -0.720. The lowest BCUT2D eigenvalue weighted by molar-refractivity contribution is -0.156. The molecule has 0 unspecified atom stereocenters. The number of cyclic esters (lactones) is 1. The first-order chi connectivity index (χ1) is 15.5. The molecule has 2 saturated heterocycles. The zero-order valence-electron chi connectivity index (χ0n) is 17.7. The van der Waals surface area contributed by atoms with Crippen molar-refractivity contribution in [2.75, 3.05) is 6.54 Å². The van der Waals surface area contributed by atoms with Gasteiger partial charge in [-0.25, -0.2) is 4.98 Å². The van der Waals surface area contributed by atoms with E-state index in [1.165, 1.54) is 11.3 Å². The largest absolute Gasteiger partial charge is 0.452 e. The number of amides is 2. The predicted molar refractivity (Wildman–Crippen MR) is 117 cm³/mol. The number of hydrogen-bond acceptors (Lipinski definition) is 7. The third-order valence-electron chi connectivity index (χ3n) is 6.04. The fraction of sp³-hybridized carbons (Fsp3) is 0.435. The van der Waals surface area contributed by atoms with Crippen molar-refractivity contribution in [3.8, 4) is 17.3 Å². The molecule has 0 saturated carbocycles. The van der Waals surface area contributed by atoms with Gasteiger partial charge in [-0.2, -0.15) is 5.26 Å². The average Bonchev–Trinajstić information content (AvgIpc) is 3.46. The summed E-state index contributed by atoms with van der Waals surface area (Å²) in [5.74, 6) is -0.963. The molecule has 8 nitrogen and oxygen atoms in total. The molecule has 2 aliphatic heterocycles. The van der Waals surface area contributed by atoms with Crippen LogP contribution in [0.2, 0.25) is 0 Å². The van der Waals surface area contributed by atoms with Gasteiger partial charge in [0.2, 0.25) is 5.91 Å². The fourth-order valence-corrected chi connectivity index (χ4v) is 4.97. The van der Waals surface area contributed by atoms with Gasteiger partial charge in [-0.05, 0) is 31.9 Å². The molecule has 3 heterocycles. The van der Waals surface area contributed by atoms with Crippen LogP contribution in [-0.2, 0) is 25.7 Å². The molecule has 2 amide bonds. The van der Waals surface area contributed by atoms with E-state index >= 15 is 0 Å². The summed E-state index contributed by atoms with van der Waals surface area (Å²) in [5, 5.41) is 14.6. The van der Waals surface area contributed by atoms with Crippen molar-refractivity contribution in [3.05, 3.63) is 40.2 Å². The summed E-state index contributed by atoms with van der Waals surface area (Å²) in [4.78, 5) is 43.3. The summed E-state index contributed by atoms with van der Waals surface area (Å²) in [5.41, 5.74) is 2.31. The van der Waals surface area contributed by atoms with Crippen LogP contribution in [0.15, 0.2) is 29.6 Å². The van der Waals surface area contributed by atoms with Crippen molar-refractivity contribution in [2.24, 2.45) is 5.92 Å². The van der Waals surface area contributed by atoms with Crippen LogP contribution in [0.1, 0.15) is 43.2 Å². The first-order valence-electron chi connectivity index (χ1n) is 10.7. The van der Waals surface area contributed by atoms with E-state index in [2.05, 4.69) is 16.4 Å². The Balaban J connectivity index is 1.34. The Hall–Kier alpha value is -3.25. The molecule has 32 heavy (non-hydrogen) atoms. The minimum absolute atomic E-state index is 0.103. The van der Waals surface area contributed by atoms with Crippen LogP contribution < -0.4 is 5.32 Å². The summed E-state index contributed by atoms with van der Waals surface area (Å²) < 4.78 is 5.12. The van der Waals surface area contributed by atoms with Crippen molar-refractivity contribution in [1.29, 1.82) is 5.26 Å². The number of hydrogen-bond donors (Lipinski definition) is 1. The number of nitrogens with one attached hydrogen (secondary N) is 1. The molecule has 1 aromatic heterocycles. The number of esters is 1. The van der Waals surface area contributed by atoms with E-state index in [4.69, 9.17) is 10.00 Å². The van der Waals surface area contributed by atoms with E-state index in [1.54, 1.807) is 17.0 Å². The van der Waals surface area contributed by atoms with Crippen LogP contribution >= 0.6 is 11.3 Å². The topological polar surface area (TPSA) is 112 Å². The number of carbonyl (C=O) groups is 3. The van der Waals surface area contributed by atoms with Gasteiger partial charge in [0.05, 0.1) is 29.8 Å². The van der Waals surface area contributed by atoms with Gasteiger partial charge >= 0.3 is 5.97 Å². The lowest BCUT2D eigenvalue weighted by Gasteiger charge is -2.39. The second-order valence-corrected chi connectivity index (χ2v) is 9.01. The van der Waals surface area contributed by atoms with Gasteiger partial charge in [-0.3, -0.25) is 14.4 Å². The Morgan fingerprint density at radius 2 is 2.09 bits per heavy atom. The number of benzene rings is 1. The Labute approximate surface area is 190 Å². The van der Waals surface area contributed by atoms with Crippen molar-refractivity contribution < 1.29 is 19.1 Å². The third-order valence-corrected chi connectivity index (χ3v) is 6.89. The number of aromatic nitrogens is 1. The van der Waals surface area contributed by atoms with Gasteiger partial charge in [-0.1, -0.05) is 12.1 Å². The second kappa shape index (κ2) is 9.49. The van der Waals surface area contributed by atoms with E-state index in [9.17, 15) is 14.4 Å². The third kappa shape index (κ3) is 4.65. The van der Waals surface area contributed by atoms with E-state index in [0.29, 0.717) is 31.5 Å². The van der Waals surface area contributed by atoms with Gasteiger partial charge in [-0.15, -0.1) is 11.3 Å². The maximum Gasteiger partial charge on any atom is 0.306 e. The monoisotopic (exact) mass is 452 g/mol. The number of likely N-dealkylation sites (tertiary alicyclic amines) is 1. The predicted octanol–water partition coefficient (Wildman–Crippen LogP) is 2.63. The van der Waals surface area contributed by atoms with Crippen molar-refractivity contribution in [2.45, 2.75) is 51.3 Å². The molecule has 3 atom stereocenters. The number of nitrogens with zero attached hydrogens (tertiary/aromatic N) is 3. The van der Waals surface area contributed by atoms with Crippen molar-refractivity contribution >= 4 is 29.1 Å². The molecule has 2 fully saturated rings. The highest BCUT2D eigenvalue weighted by Crippen LogP contribution is 2.27. The van der Waals surface area contributed by atoms with E-state index in [-0.39, 0.29) is 36.2 Å². The summed E-state index contributed by atoms with van der Waals surface area (Å²) in [7, 11) is 0. The number of nitriles is 1. The highest BCUT2D eigenvalue weighted by Gasteiger charge is 2.40. The smallest absolute Gasteiger partial charge is 0.306 e. The van der Waals surface area contributed by atoms with Crippen LogP contribution in [0, 0.1) is 17.2 Å². The molecule has 2 aromatic rings. The Morgan fingerprint density at radius 1 is 1.31 bits per heavy atom. The maximum atomic E-state index is 12.9. The van der Waals surface area contributed by atoms with Crippen LogP contribution in [0.25, 0.3) is 11.3 Å². The quantitative estimate of drug-likeness (QED) is 0.698. The molecule has 0 spiro atoms. The zero-order chi connectivity index (χ0) is 22.7. The Bertz CT molecular complexity index is 1060. The number of rotatable bonds is 5. The molecule has 0 aliphatic carbocycles. The van der Waals surface area contributed by atoms with Gasteiger partial charge in [0.25, 0.3) is 5.91 Å². The molecular formula is C23H24N4O4S. The minimum Gasteiger partial charge on any atom is -0.452 e. The SMILES string of the molecule is C[C@H]1[C@@H](C(=O)NCc2nc(-c3ccc(C#N)cc3)cs2)CCCN1C(=O)[C@H]1CCC(=O)O1. The van der Waals surface area contributed by atoms with E-state index in [0.717, 1.165) is 22.7 Å². The summed E-state index contributed by atoms with van der Waals surface area (Å²) >= 11 is 1.46. The van der Waals surface area contributed by atoms with Gasteiger partial charge < -0.3 is 15.0 Å². The summed E-state index contributed by atoms with van der Waals surface area (Å²) in [6.45, 7) is 2.76. The average molecular weight is 453 g/mol. The summed E-state index contributed by atoms with van der Waals surface area (Å²) in [6, 6.07) is 9.04. The normalized spacial score (nSPS) is 22.8. The van der Waals surface area contributed by atoms with Crippen molar-refractivity contribution in [3.63, 3.8) is 0 Å². The molecule has 166 valence electrons. The lowest BCUT2D eigenvalue weighted by atomic mass is 9.89. The highest BCUT2D eigenvalue weighted by molar-refractivity contribution is 7.09. The van der Waals surface area contributed by atoms with Crippen LogP contribution in [0.3, 0.4) is 0 Å². The van der Waals surface area contributed by atoms with Crippen LogP contribution in [0.4, 0.5) is 0 Å². The second-order valence-electron chi connectivity index (χ2n) is 8.07. The number of carbonyl (C=O) groups excluding carboxylic acids is 3. The first kappa shape index (κ1) is 22.0. The molecule has 1 N–H and O–H groups in total. The fourth-order valence-electron chi connectivity index (χ4n) is 4.22. The van der Waals surface area contributed by atoms with Gasteiger partial charge in [0, 0.05) is 36.4 Å². The Morgan fingerprint density at radius 3 is 2.78 bits per heavy atom. The van der Waals surface area contributed by atoms with Crippen molar-refractivity contribution in [1.82, 2.24) is 15.2 Å². The molecule has 0 bridgehead atoms. The van der Waals surface area contributed by atoms with Gasteiger partial charge in [0.1, 0.15) is 5.01 Å². The van der Waals surface area contributed by atoms with Crippen LogP contribution in [-0.4, -0.2) is 46.4 Å². The van der Waals surface area contributed by atoms with Crippen LogP contribution in [0.5, 0.6) is 0 Å². The standard InChI is InChI=1S/C23H24N4O4S/c1-14-17(3-2-10-27(14)23(30)19-8-9-21(28)31-19)22(29)25-12-20-26-18(13-32-20)16-6-4-15(11-24)5-7-16/h4-7,13-14,17,19H,2-3,8-10,12H2,1H3,(H,25,29)/t14-,17-,19+/m0/s1. The number of ether oxygens (including phenoxy) is 1. The number of piperidine rings is 1. The molecule has 4 rings (SSSR count). The molecule has 1 aromatic carbocycles. The molecule has 0 radical (unpaired) electrons. The van der Waals surface area contributed by atoms with E-state index < -0.39 is 6.10 Å². The highest BCUT2D eigenvalue weighted by atomic mass is 32.1. The maximum absolute atomic E-state index is 12.9. The summed E-state index contributed by atoms with van der Waals surface area (Å²) in [6.07, 6.45) is 1.39. The number of thiazole rings is 1. The van der Waals surface area contributed by atoms with Gasteiger partial charge in [0.15, 0.2) is 6.10 Å². The Kier molecular flexibility index (Phi) is 6.51. The molecular weight excluding hydrogens is 428 g/mol. The lowest BCUT2D eigenvalue weighted by Crippen LogP contribution is -2.53. The first-order valence-corrected chi connectivity index (χ1v) is 11.6. The molecule has 2 aliphatic rings. The van der Waals surface area contributed by atoms with E-state index in [1.807, 2.05) is 24.4 Å². The zero-order valence-corrected chi connectivity index (χ0v) is 18.6.